The molecular weight excluding hydrogens is 320 g/mol. The van der Waals surface area contributed by atoms with Gasteiger partial charge in [0.1, 0.15) is 0 Å². The van der Waals surface area contributed by atoms with Crippen molar-refractivity contribution in [2.24, 2.45) is 5.92 Å². The van der Waals surface area contributed by atoms with E-state index in [1.807, 2.05) is 24.3 Å². The number of carbonyl (C=O) groups excluding carboxylic acids is 1. The molecule has 0 spiro atoms. The summed E-state index contributed by atoms with van der Waals surface area (Å²) < 4.78 is 5.75. The maximum Gasteiger partial charge on any atom is 0.308 e. The summed E-state index contributed by atoms with van der Waals surface area (Å²) >= 11 is 0. The number of likely N-dealkylation sites (tertiary alicyclic amines) is 1. The Bertz CT molecular complexity index is 621. The van der Waals surface area contributed by atoms with E-state index >= 15 is 0 Å². The van der Waals surface area contributed by atoms with Gasteiger partial charge in [0.2, 0.25) is 0 Å². The largest absolute Gasteiger partial charge is 0.481 e. The molecule has 2 fully saturated rings. The number of ether oxygens (including phenoxy) is 1. The monoisotopic (exact) mass is 346 g/mol. The van der Waals surface area contributed by atoms with Crippen LogP contribution in [0.15, 0.2) is 24.3 Å². The molecule has 0 aliphatic carbocycles. The second-order valence-electron chi connectivity index (χ2n) is 7.22. The van der Waals surface area contributed by atoms with Gasteiger partial charge in [0, 0.05) is 38.3 Å². The molecule has 25 heavy (non-hydrogen) atoms. The number of benzene rings is 1. The van der Waals surface area contributed by atoms with E-state index in [4.69, 9.17) is 9.84 Å². The van der Waals surface area contributed by atoms with Gasteiger partial charge in [-0.05, 0) is 38.0 Å². The number of nitrogens with zero attached hydrogens (tertiary/aromatic N) is 2. The SMILES string of the molecule is CC1CN(Cc2ccc(C(=O)N3CCC(C(=O)O)C3)cc2)CC(C)O1. The molecule has 3 rings (SSSR count). The predicted octanol–water partition coefficient (Wildman–Crippen LogP) is 1.84. The fourth-order valence-corrected chi connectivity index (χ4v) is 3.75. The molecule has 2 aliphatic rings. The molecule has 3 unspecified atom stereocenters. The Kier molecular flexibility index (Phi) is 5.39. The zero-order valence-corrected chi connectivity index (χ0v) is 14.9. The number of morpholine rings is 1. The Morgan fingerprint density at radius 3 is 2.32 bits per heavy atom. The van der Waals surface area contributed by atoms with Crippen molar-refractivity contribution in [1.29, 1.82) is 0 Å². The van der Waals surface area contributed by atoms with Crippen LogP contribution in [0.25, 0.3) is 0 Å². The summed E-state index contributed by atoms with van der Waals surface area (Å²) in [5.41, 5.74) is 1.79. The molecule has 2 saturated heterocycles. The minimum absolute atomic E-state index is 0.0797. The Morgan fingerprint density at radius 1 is 1.12 bits per heavy atom. The summed E-state index contributed by atoms with van der Waals surface area (Å²) in [7, 11) is 0. The summed E-state index contributed by atoms with van der Waals surface area (Å²) in [6.07, 6.45) is 1.01. The zero-order chi connectivity index (χ0) is 18.0. The molecule has 1 aromatic carbocycles. The van der Waals surface area contributed by atoms with E-state index in [0.717, 1.165) is 19.6 Å². The third-order valence-corrected chi connectivity index (χ3v) is 4.93. The van der Waals surface area contributed by atoms with Crippen LogP contribution in [0, 0.1) is 5.92 Å². The lowest BCUT2D eigenvalue weighted by atomic mass is 10.1. The molecule has 0 bridgehead atoms. The van der Waals surface area contributed by atoms with Crippen molar-refractivity contribution >= 4 is 11.9 Å². The Morgan fingerprint density at radius 2 is 1.76 bits per heavy atom. The highest BCUT2D eigenvalue weighted by molar-refractivity contribution is 5.94. The quantitative estimate of drug-likeness (QED) is 0.901. The maximum absolute atomic E-state index is 12.5. The normalized spacial score (nSPS) is 27.4. The van der Waals surface area contributed by atoms with E-state index < -0.39 is 11.9 Å². The number of rotatable bonds is 4. The Labute approximate surface area is 148 Å². The molecule has 1 amide bonds. The summed E-state index contributed by atoms with van der Waals surface area (Å²) in [5, 5.41) is 9.06. The van der Waals surface area contributed by atoms with Gasteiger partial charge in [-0.15, -0.1) is 0 Å². The third kappa shape index (κ3) is 4.38. The second-order valence-corrected chi connectivity index (χ2v) is 7.22. The molecule has 1 aromatic rings. The topological polar surface area (TPSA) is 70.1 Å². The molecule has 6 heteroatoms. The van der Waals surface area contributed by atoms with Crippen LogP contribution in [0.2, 0.25) is 0 Å². The lowest BCUT2D eigenvalue weighted by Gasteiger charge is -2.35. The van der Waals surface area contributed by atoms with Crippen LogP contribution in [0.4, 0.5) is 0 Å². The average Bonchev–Trinajstić information content (AvgIpc) is 3.04. The number of amides is 1. The molecule has 2 heterocycles. The molecule has 0 aromatic heterocycles. The fraction of sp³-hybridized carbons (Fsp3) is 0.579. The van der Waals surface area contributed by atoms with Crippen LogP contribution in [-0.4, -0.2) is 65.2 Å². The van der Waals surface area contributed by atoms with E-state index in [1.54, 1.807) is 4.90 Å². The van der Waals surface area contributed by atoms with Gasteiger partial charge >= 0.3 is 5.97 Å². The van der Waals surface area contributed by atoms with Gasteiger partial charge in [0.25, 0.3) is 5.91 Å². The van der Waals surface area contributed by atoms with Gasteiger partial charge in [0.05, 0.1) is 18.1 Å². The lowest BCUT2D eigenvalue weighted by Crippen LogP contribution is -2.44. The first-order valence-corrected chi connectivity index (χ1v) is 8.91. The van der Waals surface area contributed by atoms with E-state index in [9.17, 15) is 9.59 Å². The van der Waals surface area contributed by atoms with Gasteiger partial charge in [-0.2, -0.15) is 0 Å². The first-order valence-electron chi connectivity index (χ1n) is 8.91. The first-order chi connectivity index (χ1) is 11.9. The van der Waals surface area contributed by atoms with Crippen molar-refractivity contribution in [2.75, 3.05) is 26.2 Å². The number of carbonyl (C=O) groups is 2. The van der Waals surface area contributed by atoms with Crippen molar-refractivity contribution in [3.05, 3.63) is 35.4 Å². The average molecular weight is 346 g/mol. The van der Waals surface area contributed by atoms with Crippen LogP contribution in [0.5, 0.6) is 0 Å². The predicted molar refractivity (Wildman–Crippen MR) is 93.4 cm³/mol. The minimum Gasteiger partial charge on any atom is -0.481 e. The summed E-state index contributed by atoms with van der Waals surface area (Å²) in [4.78, 5) is 27.5. The van der Waals surface area contributed by atoms with E-state index in [1.165, 1.54) is 5.56 Å². The number of carboxylic acid groups (broad SMARTS) is 1. The number of hydrogen-bond donors (Lipinski definition) is 1. The highest BCUT2D eigenvalue weighted by Gasteiger charge is 2.31. The van der Waals surface area contributed by atoms with Crippen LogP contribution in [0.3, 0.4) is 0 Å². The third-order valence-electron chi connectivity index (χ3n) is 4.93. The van der Waals surface area contributed by atoms with Crippen molar-refractivity contribution in [1.82, 2.24) is 9.80 Å². The number of hydrogen-bond acceptors (Lipinski definition) is 4. The van der Waals surface area contributed by atoms with E-state index in [-0.39, 0.29) is 18.1 Å². The van der Waals surface area contributed by atoms with Gasteiger partial charge in [-0.1, -0.05) is 12.1 Å². The van der Waals surface area contributed by atoms with Crippen LogP contribution in [-0.2, 0) is 16.1 Å². The number of aliphatic carboxylic acids is 1. The van der Waals surface area contributed by atoms with Gasteiger partial charge in [0.15, 0.2) is 0 Å². The zero-order valence-electron chi connectivity index (χ0n) is 14.9. The smallest absolute Gasteiger partial charge is 0.308 e. The van der Waals surface area contributed by atoms with E-state index in [2.05, 4.69) is 18.7 Å². The minimum atomic E-state index is -0.820. The van der Waals surface area contributed by atoms with Gasteiger partial charge in [-0.3, -0.25) is 14.5 Å². The molecule has 0 saturated carbocycles. The van der Waals surface area contributed by atoms with E-state index in [0.29, 0.717) is 25.1 Å². The van der Waals surface area contributed by atoms with Crippen molar-refractivity contribution < 1.29 is 19.4 Å². The second kappa shape index (κ2) is 7.54. The molecule has 0 radical (unpaired) electrons. The highest BCUT2D eigenvalue weighted by Crippen LogP contribution is 2.20. The van der Waals surface area contributed by atoms with Crippen molar-refractivity contribution in [2.45, 2.75) is 39.0 Å². The van der Waals surface area contributed by atoms with Crippen LogP contribution >= 0.6 is 0 Å². The Hall–Kier alpha value is -1.92. The molecular formula is C19H26N2O4. The fourth-order valence-electron chi connectivity index (χ4n) is 3.75. The van der Waals surface area contributed by atoms with Crippen molar-refractivity contribution in [3.63, 3.8) is 0 Å². The molecule has 136 valence electrons. The molecule has 6 nitrogen and oxygen atoms in total. The standard InChI is InChI=1S/C19H26N2O4/c1-13-9-20(10-14(2)25-13)11-15-3-5-16(6-4-15)18(22)21-8-7-17(12-21)19(23)24/h3-6,13-14,17H,7-12H2,1-2H3,(H,23,24). The van der Waals surface area contributed by atoms with Gasteiger partial charge < -0.3 is 14.7 Å². The van der Waals surface area contributed by atoms with Gasteiger partial charge in [-0.25, -0.2) is 0 Å². The Balaban J connectivity index is 1.58. The lowest BCUT2D eigenvalue weighted by molar-refractivity contribution is -0.141. The first kappa shape index (κ1) is 17.9. The van der Waals surface area contributed by atoms with Crippen molar-refractivity contribution in [3.8, 4) is 0 Å². The summed E-state index contributed by atoms with van der Waals surface area (Å²) in [5.74, 6) is -1.34. The molecule has 1 N–H and O–H groups in total. The number of carboxylic acids is 1. The highest BCUT2D eigenvalue weighted by atomic mass is 16.5. The summed E-state index contributed by atoms with van der Waals surface area (Å²) in [6, 6.07) is 7.67. The maximum atomic E-state index is 12.5. The van der Waals surface area contributed by atoms with Crippen LogP contribution < -0.4 is 0 Å². The molecule has 2 aliphatic heterocycles. The molecule has 3 atom stereocenters. The summed E-state index contributed by atoms with van der Waals surface area (Å²) in [6.45, 7) is 7.67. The van der Waals surface area contributed by atoms with Crippen LogP contribution in [0.1, 0.15) is 36.2 Å².